The zero-order chi connectivity index (χ0) is 12.7. The van der Waals surface area contributed by atoms with Gasteiger partial charge >= 0.3 is 5.97 Å². The molecule has 0 fully saturated rings. The summed E-state index contributed by atoms with van der Waals surface area (Å²) in [6.07, 6.45) is 5.50. The Bertz CT molecular complexity index is 374. The van der Waals surface area contributed by atoms with Gasteiger partial charge in [-0.3, -0.25) is 14.4 Å². The van der Waals surface area contributed by atoms with Crippen LogP contribution >= 0.6 is 0 Å². The summed E-state index contributed by atoms with van der Waals surface area (Å²) in [7, 11) is 1.87. The molecule has 1 rings (SSSR count). The van der Waals surface area contributed by atoms with Gasteiger partial charge in [-0.05, 0) is 6.92 Å². The normalized spacial score (nSPS) is 10.5. The van der Waals surface area contributed by atoms with Crippen molar-refractivity contribution in [3.8, 4) is 0 Å². The standard InChI is InChI=1S/C12H19N3O2/c1-4-6-15(10-12(16)17-5-2)9-11-7-13-14(3)8-11/h4,7-8H,1,5-6,9-10H2,2-3H3. The second kappa shape index (κ2) is 6.85. The average molecular weight is 237 g/mol. The summed E-state index contributed by atoms with van der Waals surface area (Å²) in [5, 5.41) is 4.09. The molecule has 0 aliphatic heterocycles. The third kappa shape index (κ3) is 4.82. The van der Waals surface area contributed by atoms with Crippen LogP contribution in [-0.4, -0.2) is 40.3 Å². The van der Waals surface area contributed by atoms with Crippen molar-refractivity contribution in [3.63, 3.8) is 0 Å². The van der Waals surface area contributed by atoms with Crippen molar-refractivity contribution in [1.29, 1.82) is 0 Å². The number of carbonyl (C=O) groups is 1. The third-order valence-electron chi connectivity index (χ3n) is 2.21. The van der Waals surface area contributed by atoms with Gasteiger partial charge in [-0.15, -0.1) is 6.58 Å². The molecule has 0 bridgehead atoms. The van der Waals surface area contributed by atoms with E-state index >= 15 is 0 Å². The molecule has 0 aliphatic carbocycles. The van der Waals surface area contributed by atoms with Crippen molar-refractivity contribution in [1.82, 2.24) is 14.7 Å². The highest BCUT2D eigenvalue weighted by molar-refractivity contribution is 5.71. The Morgan fingerprint density at radius 2 is 2.47 bits per heavy atom. The lowest BCUT2D eigenvalue weighted by atomic mass is 10.3. The highest BCUT2D eigenvalue weighted by Crippen LogP contribution is 2.03. The molecule has 0 N–H and O–H groups in total. The molecule has 5 heteroatoms. The smallest absolute Gasteiger partial charge is 0.320 e. The van der Waals surface area contributed by atoms with Gasteiger partial charge in [0.05, 0.1) is 19.3 Å². The number of esters is 1. The fraction of sp³-hybridized carbons (Fsp3) is 0.500. The molecule has 17 heavy (non-hydrogen) atoms. The second-order valence-electron chi connectivity index (χ2n) is 3.79. The first-order valence-corrected chi connectivity index (χ1v) is 5.62. The molecule has 0 radical (unpaired) electrons. The van der Waals surface area contributed by atoms with Crippen LogP contribution in [0.3, 0.4) is 0 Å². The monoisotopic (exact) mass is 237 g/mol. The van der Waals surface area contributed by atoms with E-state index in [2.05, 4.69) is 11.7 Å². The van der Waals surface area contributed by atoms with Gasteiger partial charge in [0.1, 0.15) is 0 Å². The molecule has 0 spiro atoms. The summed E-state index contributed by atoms with van der Waals surface area (Å²) in [4.78, 5) is 13.4. The number of aryl methyl sites for hydroxylation is 1. The Hall–Kier alpha value is -1.62. The Morgan fingerprint density at radius 1 is 1.71 bits per heavy atom. The maximum Gasteiger partial charge on any atom is 0.320 e. The molecule has 5 nitrogen and oxygen atoms in total. The maximum atomic E-state index is 11.4. The van der Waals surface area contributed by atoms with Crippen molar-refractivity contribution in [2.24, 2.45) is 7.05 Å². The van der Waals surface area contributed by atoms with E-state index in [-0.39, 0.29) is 12.5 Å². The van der Waals surface area contributed by atoms with Crippen LogP contribution in [0.5, 0.6) is 0 Å². The Balaban J connectivity index is 2.53. The molecule has 0 unspecified atom stereocenters. The lowest BCUT2D eigenvalue weighted by molar-refractivity contribution is -0.144. The van der Waals surface area contributed by atoms with E-state index in [4.69, 9.17) is 4.74 Å². The van der Waals surface area contributed by atoms with Crippen LogP contribution in [-0.2, 0) is 23.1 Å². The molecule has 1 aromatic heterocycles. The van der Waals surface area contributed by atoms with E-state index in [1.54, 1.807) is 23.9 Å². The number of nitrogens with zero attached hydrogens (tertiary/aromatic N) is 3. The SMILES string of the molecule is C=CCN(CC(=O)OCC)Cc1cnn(C)c1. The molecule has 1 aromatic rings. The number of carbonyl (C=O) groups excluding carboxylic acids is 1. The van der Waals surface area contributed by atoms with Gasteiger partial charge < -0.3 is 4.74 Å². The van der Waals surface area contributed by atoms with Gasteiger partial charge in [-0.2, -0.15) is 5.10 Å². The Kier molecular flexibility index (Phi) is 5.42. The number of rotatable bonds is 7. The Morgan fingerprint density at radius 3 is 3.00 bits per heavy atom. The van der Waals surface area contributed by atoms with E-state index in [1.807, 2.05) is 18.1 Å². The van der Waals surface area contributed by atoms with Crippen molar-refractivity contribution in [3.05, 3.63) is 30.6 Å². The van der Waals surface area contributed by atoms with Crippen molar-refractivity contribution < 1.29 is 9.53 Å². The first kappa shape index (κ1) is 13.4. The summed E-state index contributed by atoms with van der Waals surface area (Å²) in [5.74, 6) is -0.210. The zero-order valence-electron chi connectivity index (χ0n) is 10.4. The van der Waals surface area contributed by atoms with Gasteiger partial charge in [0, 0.05) is 31.9 Å². The van der Waals surface area contributed by atoms with Gasteiger partial charge in [0.25, 0.3) is 0 Å². The van der Waals surface area contributed by atoms with Crippen LogP contribution in [0.1, 0.15) is 12.5 Å². The Labute approximate surface area is 102 Å². The first-order chi connectivity index (χ1) is 8.15. The lowest BCUT2D eigenvalue weighted by Gasteiger charge is -2.18. The van der Waals surface area contributed by atoms with Crippen LogP contribution in [0.4, 0.5) is 0 Å². The van der Waals surface area contributed by atoms with Crippen molar-refractivity contribution in [2.75, 3.05) is 19.7 Å². The number of hydrogen-bond acceptors (Lipinski definition) is 4. The molecular formula is C12H19N3O2. The molecule has 0 aliphatic rings. The lowest BCUT2D eigenvalue weighted by Crippen LogP contribution is -2.30. The van der Waals surface area contributed by atoms with Gasteiger partial charge in [0.15, 0.2) is 0 Å². The summed E-state index contributed by atoms with van der Waals surface area (Å²) in [5.41, 5.74) is 1.07. The molecular weight excluding hydrogens is 218 g/mol. The van der Waals surface area contributed by atoms with Crippen molar-refractivity contribution in [2.45, 2.75) is 13.5 Å². The molecule has 1 heterocycles. The highest BCUT2D eigenvalue weighted by Gasteiger charge is 2.11. The van der Waals surface area contributed by atoms with Gasteiger partial charge in [-0.1, -0.05) is 6.08 Å². The fourth-order valence-electron chi connectivity index (χ4n) is 1.57. The summed E-state index contributed by atoms with van der Waals surface area (Å²) in [6.45, 7) is 7.48. The predicted octanol–water partition coefficient (Wildman–Crippen LogP) is 0.971. The highest BCUT2D eigenvalue weighted by atomic mass is 16.5. The summed E-state index contributed by atoms with van der Waals surface area (Å²) >= 11 is 0. The molecule has 94 valence electrons. The minimum atomic E-state index is -0.210. The minimum absolute atomic E-state index is 0.210. The van der Waals surface area contributed by atoms with Crippen molar-refractivity contribution >= 4 is 5.97 Å². The largest absolute Gasteiger partial charge is 0.465 e. The number of aromatic nitrogens is 2. The molecule has 0 saturated carbocycles. The number of hydrogen-bond donors (Lipinski definition) is 0. The zero-order valence-corrected chi connectivity index (χ0v) is 10.4. The molecule has 0 amide bonds. The van der Waals surface area contributed by atoms with Crippen LogP contribution in [0.15, 0.2) is 25.0 Å². The molecule has 0 atom stereocenters. The number of ether oxygens (including phenoxy) is 1. The molecule has 0 saturated heterocycles. The maximum absolute atomic E-state index is 11.4. The summed E-state index contributed by atoms with van der Waals surface area (Å²) < 4.78 is 6.67. The van der Waals surface area contributed by atoms with E-state index < -0.39 is 0 Å². The van der Waals surface area contributed by atoms with Crippen LogP contribution < -0.4 is 0 Å². The summed E-state index contributed by atoms with van der Waals surface area (Å²) in [6, 6.07) is 0. The van der Waals surface area contributed by atoms with Crippen LogP contribution in [0, 0.1) is 0 Å². The van der Waals surface area contributed by atoms with Crippen LogP contribution in [0.2, 0.25) is 0 Å². The quantitative estimate of drug-likeness (QED) is 0.524. The first-order valence-electron chi connectivity index (χ1n) is 5.62. The second-order valence-corrected chi connectivity index (χ2v) is 3.79. The predicted molar refractivity (Wildman–Crippen MR) is 65.3 cm³/mol. The topological polar surface area (TPSA) is 47.4 Å². The van der Waals surface area contributed by atoms with Gasteiger partial charge in [-0.25, -0.2) is 0 Å². The fourth-order valence-corrected chi connectivity index (χ4v) is 1.57. The third-order valence-corrected chi connectivity index (χ3v) is 2.21. The van der Waals surface area contributed by atoms with E-state index in [9.17, 15) is 4.79 Å². The van der Waals surface area contributed by atoms with Crippen LogP contribution in [0.25, 0.3) is 0 Å². The minimum Gasteiger partial charge on any atom is -0.465 e. The van der Waals surface area contributed by atoms with E-state index in [1.165, 1.54) is 0 Å². The molecule has 0 aromatic carbocycles. The van der Waals surface area contributed by atoms with E-state index in [0.29, 0.717) is 19.7 Å². The average Bonchev–Trinajstić information content (AvgIpc) is 2.64. The van der Waals surface area contributed by atoms with Gasteiger partial charge in [0.2, 0.25) is 0 Å². The van der Waals surface area contributed by atoms with E-state index in [0.717, 1.165) is 5.56 Å².